The summed E-state index contributed by atoms with van der Waals surface area (Å²) in [6.07, 6.45) is 3.00. The third kappa shape index (κ3) is 2.61. The van der Waals surface area contributed by atoms with Gasteiger partial charge in [0.05, 0.1) is 5.60 Å². The molecule has 1 N–H and O–H groups in total. The van der Waals surface area contributed by atoms with Crippen LogP contribution in [-0.2, 0) is 4.74 Å². The van der Waals surface area contributed by atoms with Crippen molar-refractivity contribution in [3.63, 3.8) is 0 Å². The number of nitrogens with zero attached hydrogens (tertiary/aromatic N) is 1. The molecule has 0 radical (unpaired) electrons. The van der Waals surface area contributed by atoms with Gasteiger partial charge >= 0.3 is 0 Å². The fraction of sp³-hybridized carbons (Fsp3) is 0.500. The highest BCUT2D eigenvalue weighted by atomic mass is 19.1. The Morgan fingerprint density at radius 3 is 2.88 bits per heavy atom. The molecule has 17 heavy (non-hydrogen) atoms. The van der Waals surface area contributed by atoms with Crippen molar-refractivity contribution < 1.29 is 13.9 Å². The summed E-state index contributed by atoms with van der Waals surface area (Å²) in [5, 5.41) is 2.73. The quantitative estimate of drug-likeness (QED) is 0.809. The summed E-state index contributed by atoms with van der Waals surface area (Å²) in [5.74, 6) is -1.02. The first-order chi connectivity index (χ1) is 8.15. The Morgan fingerprint density at radius 1 is 1.59 bits per heavy atom. The molecule has 0 unspecified atom stereocenters. The summed E-state index contributed by atoms with van der Waals surface area (Å²) in [6.45, 7) is 0.445. The SMILES string of the molecule is COC1(CNC(=O)c2cccc(F)n2)CCC1. The number of amides is 1. The maximum Gasteiger partial charge on any atom is 0.270 e. The second-order valence-corrected chi connectivity index (χ2v) is 4.27. The van der Waals surface area contributed by atoms with Gasteiger partial charge in [0.25, 0.3) is 5.91 Å². The monoisotopic (exact) mass is 238 g/mol. The number of hydrogen-bond donors (Lipinski definition) is 1. The van der Waals surface area contributed by atoms with Crippen molar-refractivity contribution in [2.45, 2.75) is 24.9 Å². The van der Waals surface area contributed by atoms with Gasteiger partial charge in [0.1, 0.15) is 5.69 Å². The van der Waals surface area contributed by atoms with E-state index in [4.69, 9.17) is 4.74 Å². The maximum atomic E-state index is 12.8. The first-order valence-corrected chi connectivity index (χ1v) is 5.61. The third-order valence-corrected chi connectivity index (χ3v) is 3.22. The molecule has 0 atom stereocenters. The Hall–Kier alpha value is -1.49. The number of pyridine rings is 1. The Bertz CT molecular complexity index is 413. The molecule has 0 aliphatic heterocycles. The molecule has 1 aliphatic carbocycles. The molecule has 5 heteroatoms. The van der Waals surface area contributed by atoms with E-state index in [0.717, 1.165) is 19.3 Å². The highest BCUT2D eigenvalue weighted by Crippen LogP contribution is 2.34. The minimum atomic E-state index is -0.650. The Balaban J connectivity index is 1.93. The summed E-state index contributed by atoms with van der Waals surface area (Å²) in [7, 11) is 1.64. The van der Waals surface area contributed by atoms with Crippen LogP contribution in [0.15, 0.2) is 18.2 Å². The van der Waals surface area contributed by atoms with Crippen LogP contribution >= 0.6 is 0 Å². The van der Waals surface area contributed by atoms with Gasteiger partial charge in [0, 0.05) is 13.7 Å². The molecule has 1 aromatic rings. The second-order valence-electron chi connectivity index (χ2n) is 4.27. The van der Waals surface area contributed by atoms with Crippen molar-refractivity contribution in [3.05, 3.63) is 29.8 Å². The molecular weight excluding hydrogens is 223 g/mol. The molecular formula is C12H15FN2O2. The van der Waals surface area contributed by atoms with Crippen LogP contribution in [0.3, 0.4) is 0 Å². The summed E-state index contributed by atoms with van der Waals surface area (Å²) >= 11 is 0. The van der Waals surface area contributed by atoms with Crippen molar-refractivity contribution in [2.24, 2.45) is 0 Å². The third-order valence-electron chi connectivity index (χ3n) is 3.22. The number of hydrogen-bond acceptors (Lipinski definition) is 3. The van der Waals surface area contributed by atoms with Crippen LogP contribution in [-0.4, -0.2) is 30.1 Å². The van der Waals surface area contributed by atoms with Crippen LogP contribution in [0, 0.1) is 5.95 Å². The van der Waals surface area contributed by atoms with Gasteiger partial charge in [0.2, 0.25) is 5.95 Å². The predicted molar refractivity (Wildman–Crippen MR) is 60.1 cm³/mol. The number of carbonyl (C=O) groups is 1. The summed E-state index contributed by atoms with van der Waals surface area (Å²) in [5.41, 5.74) is -0.140. The lowest BCUT2D eigenvalue weighted by Crippen LogP contribution is -2.49. The number of rotatable bonds is 4. The highest BCUT2D eigenvalue weighted by Gasteiger charge is 2.37. The number of aromatic nitrogens is 1. The van der Waals surface area contributed by atoms with E-state index in [9.17, 15) is 9.18 Å². The first kappa shape index (κ1) is 12.0. The normalized spacial score (nSPS) is 17.3. The number of nitrogens with one attached hydrogen (secondary N) is 1. The molecule has 0 spiro atoms. The molecule has 0 saturated heterocycles. The smallest absolute Gasteiger partial charge is 0.270 e. The van der Waals surface area contributed by atoms with Crippen LogP contribution in [0.5, 0.6) is 0 Å². The molecule has 2 rings (SSSR count). The number of halogens is 1. The summed E-state index contributed by atoms with van der Waals surface area (Å²) in [6, 6.07) is 4.16. The molecule has 1 aliphatic rings. The average molecular weight is 238 g/mol. The minimum absolute atomic E-state index is 0.0931. The first-order valence-electron chi connectivity index (χ1n) is 5.61. The standard InChI is InChI=1S/C12H15FN2O2/c1-17-12(6-3-7-12)8-14-11(16)9-4-2-5-10(13)15-9/h2,4-5H,3,6-8H2,1H3,(H,14,16). The van der Waals surface area contributed by atoms with Crippen molar-refractivity contribution in [3.8, 4) is 0 Å². The van der Waals surface area contributed by atoms with E-state index < -0.39 is 5.95 Å². The molecule has 1 saturated carbocycles. The zero-order valence-electron chi connectivity index (χ0n) is 9.70. The van der Waals surface area contributed by atoms with Gasteiger partial charge in [0.15, 0.2) is 0 Å². The highest BCUT2D eigenvalue weighted by molar-refractivity contribution is 5.92. The number of ether oxygens (including phenoxy) is 1. The number of methoxy groups -OCH3 is 1. The van der Waals surface area contributed by atoms with Crippen LogP contribution < -0.4 is 5.32 Å². The van der Waals surface area contributed by atoms with E-state index in [2.05, 4.69) is 10.3 Å². The lowest BCUT2D eigenvalue weighted by atomic mass is 9.80. The van der Waals surface area contributed by atoms with Crippen molar-refractivity contribution >= 4 is 5.91 Å². The Morgan fingerprint density at radius 2 is 2.35 bits per heavy atom. The van der Waals surface area contributed by atoms with E-state index in [0.29, 0.717) is 6.54 Å². The van der Waals surface area contributed by atoms with E-state index in [1.807, 2.05) is 0 Å². The Labute approximate surface area is 99.2 Å². The molecule has 1 amide bonds. The maximum absolute atomic E-state index is 12.8. The zero-order valence-corrected chi connectivity index (χ0v) is 9.70. The van der Waals surface area contributed by atoms with E-state index in [1.165, 1.54) is 18.2 Å². The number of carbonyl (C=O) groups excluding carboxylic acids is 1. The largest absolute Gasteiger partial charge is 0.376 e. The fourth-order valence-corrected chi connectivity index (χ4v) is 1.89. The van der Waals surface area contributed by atoms with Crippen LogP contribution in [0.4, 0.5) is 4.39 Å². The molecule has 1 heterocycles. The molecule has 4 nitrogen and oxygen atoms in total. The topological polar surface area (TPSA) is 51.2 Å². The van der Waals surface area contributed by atoms with Gasteiger partial charge in [-0.1, -0.05) is 6.07 Å². The van der Waals surface area contributed by atoms with Crippen molar-refractivity contribution in [2.75, 3.05) is 13.7 Å². The van der Waals surface area contributed by atoms with Crippen LogP contribution in [0.1, 0.15) is 29.8 Å². The van der Waals surface area contributed by atoms with Crippen molar-refractivity contribution in [1.29, 1.82) is 0 Å². The van der Waals surface area contributed by atoms with Crippen LogP contribution in [0.25, 0.3) is 0 Å². The van der Waals surface area contributed by atoms with Gasteiger partial charge in [-0.25, -0.2) is 4.98 Å². The molecule has 92 valence electrons. The fourth-order valence-electron chi connectivity index (χ4n) is 1.89. The minimum Gasteiger partial charge on any atom is -0.376 e. The van der Waals surface area contributed by atoms with Crippen molar-refractivity contribution in [1.82, 2.24) is 10.3 Å². The van der Waals surface area contributed by atoms with Gasteiger partial charge in [-0.15, -0.1) is 0 Å². The molecule has 0 bridgehead atoms. The average Bonchev–Trinajstić information content (AvgIpc) is 2.28. The summed E-state index contributed by atoms with van der Waals surface area (Å²) < 4.78 is 18.2. The second kappa shape index (κ2) is 4.79. The van der Waals surface area contributed by atoms with E-state index >= 15 is 0 Å². The molecule has 0 aromatic carbocycles. The van der Waals surface area contributed by atoms with Gasteiger partial charge < -0.3 is 10.1 Å². The summed E-state index contributed by atoms with van der Waals surface area (Å²) in [4.78, 5) is 15.2. The predicted octanol–water partition coefficient (Wildman–Crippen LogP) is 1.52. The van der Waals surface area contributed by atoms with Gasteiger partial charge in [-0.05, 0) is 31.4 Å². The Kier molecular flexibility index (Phi) is 3.38. The van der Waals surface area contributed by atoms with E-state index in [-0.39, 0.29) is 17.2 Å². The lowest BCUT2D eigenvalue weighted by molar-refractivity contribution is -0.0679. The zero-order chi connectivity index (χ0) is 12.3. The molecule has 1 fully saturated rings. The molecule has 1 aromatic heterocycles. The van der Waals surface area contributed by atoms with Crippen LogP contribution in [0.2, 0.25) is 0 Å². The van der Waals surface area contributed by atoms with E-state index in [1.54, 1.807) is 7.11 Å². The van der Waals surface area contributed by atoms with Gasteiger partial charge in [-0.2, -0.15) is 4.39 Å². The van der Waals surface area contributed by atoms with Gasteiger partial charge in [-0.3, -0.25) is 4.79 Å². The lowest BCUT2D eigenvalue weighted by Gasteiger charge is -2.40.